The van der Waals surface area contributed by atoms with Crippen LogP contribution < -0.4 is 16.3 Å². The molecule has 13 nitrogen and oxygen atoms in total. The van der Waals surface area contributed by atoms with Crippen LogP contribution in [0.5, 0.6) is 0 Å². The number of thioether (sulfide) groups is 1. The second-order valence-electron chi connectivity index (χ2n) is 10.3. The van der Waals surface area contributed by atoms with E-state index in [1.54, 1.807) is 38.1 Å². The van der Waals surface area contributed by atoms with Crippen molar-refractivity contribution in [2.24, 2.45) is 5.41 Å². The van der Waals surface area contributed by atoms with E-state index in [4.69, 9.17) is 13.8 Å². The standard InChI is InChI=1S/C25H36N3O10PS/c1-16-13-28(23(33)27-20(16)31)21-25(4,34)19(30)18(38-21)14-37-39(35,26-12-17-8-6-5-7-9-17)36-10-11-40-22(32)24(2,3)15-29/h5-9,13,18-19,21,29-30,34H,10-12,14-15H2,1-4H3,(H,26,35)(H,27,31,33)/t18-,19?,21?,25+,39?/m1/s1. The number of ether oxygens (including phenoxy) is 1. The third-order valence-electron chi connectivity index (χ3n) is 6.41. The Kier molecular flexibility index (Phi) is 10.7. The maximum absolute atomic E-state index is 13.6. The van der Waals surface area contributed by atoms with Crippen LogP contribution in [0.1, 0.15) is 38.1 Å². The molecule has 2 heterocycles. The summed E-state index contributed by atoms with van der Waals surface area (Å²) in [7, 11) is -4.04. The quantitative estimate of drug-likeness (QED) is 0.162. The summed E-state index contributed by atoms with van der Waals surface area (Å²) < 4.78 is 31.5. The molecule has 222 valence electrons. The highest BCUT2D eigenvalue weighted by Crippen LogP contribution is 2.46. The first-order chi connectivity index (χ1) is 18.7. The zero-order chi connectivity index (χ0) is 29.7. The monoisotopic (exact) mass is 601 g/mol. The second kappa shape index (κ2) is 13.2. The van der Waals surface area contributed by atoms with Gasteiger partial charge in [-0.3, -0.25) is 28.2 Å². The average Bonchev–Trinajstić information content (AvgIpc) is 3.14. The third-order valence-corrected chi connectivity index (χ3v) is 9.15. The van der Waals surface area contributed by atoms with E-state index in [1.807, 2.05) is 6.07 Å². The van der Waals surface area contributed by atoms with E-state index in [0.717, 1.165) is 21.9 Å². The van der Waals surface area contributed by atoms with Crippen molar-refractivity contribution < 1.29 is 38.5 Å². The number of nitrogens with one attached hydrogen (secondary N) is 2. The van der Waals surface area contributed by atoms with Crippen LogP contribution in [-0.2, 0) is 29.7 Å². The minimum Gasteiger partial charge on any atom is -0.395 e. The Morgan fingerprint density at radius 2 is 1.95 bits per heavy atom. The van der Waals surface area contributed by atoms with Gasteiger partial charge in [-0.2, -0.15) is 0 Å². The van der Waals surface area contributed by atoms with Gasteiger partial charge in [0.25, 0.3) is 5.56 Å². The van der Waals surface area contributed by atoms with Crippen molar-refractivity contribution in [2.75, 3.05) is 25.6 Å². The lowest BCUT2D eigenvalue weighted by atomic mass is 9.96. The SMILES string of the molecule is Cc1cn(C2O[C@H](COP(=O)(NCc3ccccc3)OCCSC(=O)C(C)(C)CO)C(O)[C@]2(C)O)c(=O)[nH]c1=O. The summed E-state index contributed by atoms with van der Waals surface area (Å²) in [6, 6.07) is 9.05. The number of carbonyl (C=O) groups excluding carboxylic acids is 1. The van der Waals surface area contributed by atoms with Gasteiger partial charge < -0.3 is 20.1 Å². The zero-order valence-corrected chi connectivity index (χ0v) is 24.4. The highest BCUT2D eigenvalue weighted by Gasteiger charge is 2.54. The normalized spacial score (nSPS) is 24.6. The number of carbonyl (C=O) groups is 1. The first kappa shape index (κ1) is 32.4. The van der Waals surface area contributed by atoms with Gasteiger partial charge in [0, 0.05) is 24.1 Å². The molecule has 0 aliphatic carbocycles. The zero-order valence-electron chi connectivity index (χ0n) is 22.7. The molecule has 5 N–H and O–H groups in total. The Balaban J connectivity index is 1.71. The molecular weight excluding hydrogens is 565 g/mol. The van der Waals surface area contributed by atoms with Gasteiger partial charge in [-0.25, -0.2) is 14.4 Å². The van der Waals surface area contributed by atoms with Gasteiger partial charge in [0.2, 0.25) is 0 Å². The van der Waals surface area contributed by atoms with Gasteiger partial charge >= 0.3 is 13.4 Å². The topological polar surface area (TPSA) is 189 Å². The number of hydrogen-bond donors (Lipinski definition) is 5. The van der Waals surface area contributed by atoms with Crippen LogP contribution >= 0.6 is 19.5 Å². The first-order valence-electron chi connectivity index (χ1n) is 12.5. The lowest BCUT2D eigenvalue weighted by molar-refractivity contribution is -0.119. The molecule has 1 aliphatic rings. The number of aromatic nitrogens is 2. The number of aliphatic hydroxyl groups excluding tert-OH is 2. The number of H-pyrrole nitrogens is 1. The Bertz CT molecular complexity index is 1330. The van der Waals surface area contributed by atoms with E-state index in [1.165, 1.54) is 20.0 Å². The second-order valence-corrected chi connectivity index (χ2v) is 13.2. The number of aryl methyl sites for hydroxylation is 1. The molecule has 1 fully saturated rings. The highest BCUT2D eigenvalue weighted by atomic mass is 32.2. The van der Waals surface area contributed by atoms with E-state index in [9.17, 15) is 34.3 Å². The van der Waals surface area contributed by atoms with Gasteiger partial charge in [-0.1, -0.05) is 42.1 Å². The molecule has 5 atom stereocenters. The van der Waals surface area contributed by atoms with Crippen LogP contribution in [0.4, 0.5) is 0 Å². The van der Waals surface area contributed by atoms with E-state index < -0.39 is 55.1 Å². The molecule has 2 aromatic rings. The van der Waals surface area contributed by atoms with Crippen molar-refractivity contribution in [2.45, 2.75) is 58.3 Å². The summed E-state index contributed by atoms with van der Waals surface area (Å²) in [5, 5.41) is 33.6. The molecular formula is C25H36N3O10PS. The molecule has 0 radical (unpaired) electrons. The Morgan fingerprint density at radius 1 is 1.27 bits per heavy atom. The summed E-state index contributed by atoms with van der Waals surface area (Å²) in [5.41, 5.74) is -3.37. The van der Waals surface area contributed by atoms with Crippen LogP contribution in [0.15, 0.2) is 46.1 Å². The van der Waals surface area contributed by atoms with Crippen molar-refractivity contribution in [1.82, 2.24) is 14.6 Å². The molecule has 3 unspecified atom stereocenters. The lowest BCUT2D eigenvalue weighted by Gasteiger charge is -2.27. The van der Waals surface area contributed by atoms with Crippen molar-refractivity contribution in [3.63, 3.8) is 0 Å². The molecule has 0 amide bonds. The summed E-state index contributed by atoms with van der Waals surface area (Å²) in [5.74, 6) is 0.135. The molecule has 1 aromatic carbocycles. The molecule has 1 saturated heterocycles. The maximum atomic E-state index is 13.6. The number of nitrogens with zero attached hydrogens (tertiary/aromatic N) is 1. The Morgan fingerprint density at radius 3 is 2.60 bits per heavy atom. The molecule has 3 rings (SSSR count). The van der Waals surface area contributed by atoms with Crippen LogP contribution in [-0.4, -0.2) is 73.4 Å². The van der Waals surface area contributed by atoms with Crippen molar-refractivity contribution in [1.29, 1.82) is 0 Å². The first-order valence-corrected chi connectivity index (χ1v) is 15.1. The minimum atomic E-state index is -4.04. The van der Waals surface area contributed by atoms with Gasteiger partial charge in [0.1, 0.15) is 17.8 Å². The summed E-state index contributed by atoms with van der Waals surface area (Å²) in [6.45, 7) is 5.11. The largest absolute Gasteiger partial charge is 0.405 e. The smallest absolute Gasteiger partial charge is 0.395 e. The fourth-order valence-corrected chi connectivity index (χ4v) is 6.01. The van der Waals surface area contributed by atoms with Gasteiger partial charge in [0.15, 0.2) is 11.3 Å². The summed E-state index contributed by atoms with van der Waals surface area (Å²) in [6.07, 6.45) is -2.96. The van der Waals surface area contributed by atoms with Crippen molar-refractivity contribution in [3.05, 3.63) is 68.5 Å². The van der Waals surface area contributed by atoms with Gasteiger partial charge in [0.05, 0.1) is 25.2 Å². The minimum absolute atomic E-state index is 0.113. The average molecular weight is 602 g/mol. The van der Waals surface area contributed by atoms with Crippen LogP contribution in [0.2, 0.25) is 0 Å². The third kappa shape index (κ3) is 7.78. The number of hydrogen-bond acceptors (Lipinski definition) is 11. The number of aliphatic hydroxyl groups is 3. The van der Waals surface area contributed by atoms with E-state index in [2.05, 4.69) is 10.1 Å². The van der Waals surface area contributed by atoms with Gasteiger partial charge in [-0.05, 0) is 33.3 Å². The molecule has 1 aliphatic heterocycles. The Labute approximate surface area is 235 Å². The lowest BCUT2D eigenvalue weighted by Crippen LogP contribution is -2.47. The molecule has 40 heavy (non-hydrogen) atoms. The molecule has 0 bridgehead atoms. The highest BCUT2D eigenvalue weighted by molar-refractivity contribution is 8.13. The van der Waals surface area contributed by atoms with Crippen molar-refractivity contribution in [3.8, 4) is 0 Å². The summed E-state index contributed by atoms with van der Waals surface area (Å²) in [4.78, 5) is 38.5. The molecule has 15 heteroatoms. The summed E-state index contributed by atoms with van der Waals surface area (Å²) >= 11 is 0.924. The van der Waals surface area contributed by atoms with E-state index in [-0.39, 0.29) is 36.2 Å². The fourth-order valence-electron chi connectivity index (χ4n) is 3.77. The maximum Gasteiger partial charge on any atom is 0.405 e. The molecule has 0 saturated carbocycles. The Hall–Kier alpha value is -2.13. The van der Waals surface area contributed by atoms with E-state index >= 15 is 0 Å². The number of rotatable bonds is 13. The van der Waals surface area contributed by atoms with E-state index in [0.29, 0.717) is 0 Å². The van der Waals surface area contributed by atoms with Crippen molar-refractivity contribution >= 4 is 24.6 Å². The fraction of sp³-hybridized carbons (Fsp3) is 0.560. The number of aromatic amines is 1. The van der Waals surface area contributed by atoms with Crippen LogP contribution in [0.25, 0.3) is 0 Å². The number of benzene rings is 1. The van der Waals surface area contributed by atoms with Gasteiger partial charge in [-0.15, -0.1) is 0 Å². The molecule has 1 aromatic heterocycles. The predicted octanol–water partition coefficient (Wildman–Crippen LogP) is 1.06. The van der Waals surface area contributed by atoms with Crippen LogP contribution in [0, 0.1) is 12.3 Å². The van der Waals surface area contributed by atoms with Crippen LogP contribution in [0.3, 0.4) is 0 Å². The molecule has 0 spiro atoms. The predicted molar refractivity (Wildman–Crippen MR) is 148 cm³/mol.